The number of anilines is 1. The maximum absolute atomic E-state index is 5.79. The van der Waals surface area contributed by atoms with Gasteiger partial charge in [0, 0.05) is 26.0 Å². The van der Waals surface area contributed by atoms with Gasteiger partial charge >= 0.3 is 0 Å². The molecule has 0 bridgehead atoms. The number of rotatable bonds is 14. The molecule has 1 aromatic rings. The first-order valence-corrected chi connectivity index (χ1v) is 7.56. The zero-order chi connectivity index (χ0) is 16.8. The van der Waals surface area contributed by atoms with Gasteiger partial charge in [0.05, 0.1) is 39.6 Å². The summed E-state index contributed by atoms with van der Waals surface area (Å²) in [5.74, 6) is 1.23. The van der Waals surface area contributed by atoms with Crippen LogP contribution in [0.15, 0.2) is 18.2 Å². The molecule has 0 fully saturated rings. The summed E-state index contributed by atoms with van der Waals surface area (Å²) < 4.78 is 31.8. The Balaban J connectivity index is 2.31. The van der Waals surface area contributed by atoms with Crippen molar-refractivity contribution >= 4 is 5.69 Å². The van der Waals surface area contributed by atoms with Gasteiger partial charge < -0.3 is 34.2 Å². The highest BCUT2D eigenvalue weighted by Gasteiger charge is 2.06. The van der Waals surface area contributed by atoms with E-state index in [4.69, 9.17) is 34.2 Å². The van der Waals surface area contributed by atoms with E-state index in [1.165, 1.54) is 0 Å². The highest BCUT2D eigenvalue weighted by Crippen LogP contribution is 2.29. The molecule has 0 heterocycles. The van der Waals surface area contributed by atoms with Crippen molar-refractivity contribution in [3.8, 4) is 11.5 Å². The minimum Gasteiger partial charge on any atom is -0.487 e. The Morgan fingerprint density at radius 2 is 1.22 bits per heavy atom. The van der Waals surface area contributed by atoms with E-state index < -0.39 is 0 Å². The second kappa shape index (κ2) is 13.0. The van der Waals surface area contributed by atoms with E-state index in [1.54, 1.807) is 32.4 Å². The van der Waals surface area contributed by atoms with E-state index in [9.17, 15) is 0 Å². The van der Waals surface area contributed by atoms with Gasteiger partial charge in [-0.05, 0) is 12.1 Å². The zero-order valence-electron chi connectivity index (χ0n) is 13.9. The van der Waals surface area contributed by atoms with Gasteiger partial charge in [0.15, 0.2) is 11.5 Å². The van der Waals surface area contributed by atoms with E-state index in [1.807, 2.05) is 0 Å². The standard InChI is InChI=1S/C16H27NO6/c1-18-5-7-20-9-11-22-15-4-3-14(17)13-16(15)23-12-10-21-8-6-19-2/h3-4,13H,5-12,17H2,1-2H3. The Morgan fingerprint density at radius 3 is 1.78 bits per heavy atom. The maximum atomic E-state index is 5.79. The lowest BCUT2D eigenvalue weighted by molar-refractivity contribution is 0.0499. The molecule has 0 saturated carbocycles. The maximum Gasteiger partial charge on any atom is 0.163 e. The average Bonchev–Trinajstić information content (AvgIpc) is 2.55. The van der Waals surface area contributed by atoms with Crippen molar-refractivity contribution < 1.29 is 28.4 Å². The molecule has 0 radical (unpaired) electrons. The second-order valence-corrected chi connectivity index (χ2v) is 4.61. The second-order valence-electron chi connectivity index (χ2n) is 4.61. The van der Waals surface area contributed by atoms with Crippen LogP contribution in [0.25, 0.3) is 0 Å². The first kappa shape index (κ1) is 19.5. The van der Waals surface area contributed by atoms with Crippen LogP contribution in [0.3, 0.4) is 0 Å². The summed E-state index contributed by atoms with van der Waals surface area (Å²) in [5.41, 5.74) is 6.40. The van der Waals surface area contributed by atoms with Gasteiger partial charge in [-0.1, -0.05) is 0 Å². The van der Waals surface area contributed by atoms with Crippen molar-refractivity contribution in [2.75, 3.05) is 72.8 Å². The number of benzene rings is 1. The molecule has 0 atom stereocenters. The van der Waals surface area contributed by atoms with Crippen LogP contribution in [0.1, 0.15) is 0 Å². The fraction of sp³-hybridized carbons (Fsp3) is 0.625. The molecule has 0 spiro atoms. The topological polar surface area (TPSA) is 81.4 Å². The van der Waals surface area contributed by atoms with E-state index in [2.05, 4.69) is 0 Å². The summed E-state index contributed by atoms with van der Waals surface area (Å²) in [6.07, 6.45) is 0. The van der Waals surface area contributed by atoms with E-state index in [-0.39, 0.29) is 0 Å². The third kappa shape index (κ3) is 9.25. The average molecular weight is 329 g/mol. The highest BCUT2D eigenvalue weighted by atomic mass is 16.6. The van der Waals surface area contributed by atoms with Gasteiger partial charge in [-0.3, -0.25) is 0 Å². The monoisotopic (exact) mass is 329 g/mol. The summed E-state index contributed by atoms with van der Waals surface area (Å²) in [6.45, 7) is 4.00. The minimum absolute atomic E-state index is 0.411. The first-order chi connectivity index (χ1) is 11.3. The Morgan fingerprint density at radius 1 is 0.696 bits per heavy atom. The molecule has 1 rings (SSSR count). The number of nitrogens with two attached hydrogens (primary N) is 1. The molecule has 23 heavy (non-hydrogen) atoms. The van der Waals surface area contributed by atoms with Gasteiger partial charge in [0.1, 0.15) is 13.2 Å². The van der Waals surface area contributed by atoms with Gasteiger partial charge in [0.25, 0.3) is 0 Å². The Kier molecular flexibility index (Phi) is 11.0. The largest absolute Gasteiger partial charge is 0.487 e. The summed E-state index contributed by atoms with van der Waals surface area (Å²) in [6, 6.07) is 5.28. The van der Waals surface area contributed by atoms with Gasteiger partial charge in [0.2, 0.25) is 0 Å². The molecule has 7 heteroatoms. The minimum atomic E-state index is 0.411. The molecule has 2 N–H and O–H groups in total. The molecule has 0 aromatic heterocycles. The third-order valence-electron chi connectivity index (χ3n) is 2.80. The zero-order valence-corrected chi connectivity index (χ0v) is 13.9. The van der Waals surface area contributed by atoms with Crippen LogP contribution >= 0.6 is 0 Å². The Labute approximate surface area is 137 Å². The fourth-order valence-electron chi connectivity index (χ4n) is 1.67. The van der Waals surface area contributed by atoms with Gasteiger partial charge in [-0.2, -0.15) is 0 Å². The lowest BCUT2D eigenvalue weighted by atomic mass is 10.3. The number of hydrogen-bond donors (Lipinski definition) is 1. The molecular formula is C16H27NO6. The molecule has 0 aliphatic rings. The van der Waals surface area contributed by atoms with Crippen LogP contribution < -0.4 is 15.2 Å². The number of methoxy groups -OCH3 is 2. The smallest absolute Gasteiger partial charge is 0.163 e. The molecular weight excluding hydrogens is 302 g/mol. The van der Waals surface area contributed by atoms with Crippen LogP contribution in [-0.4, -0.2) is 67.1 Å². The highest BCUT2D eigenvalue weighted by molar-refractivity contribution is 5.51. The molecule has 132 valence electrons. The molecule has 0 aliphatic heterocycles. The molecule has 0 unspecified atom stereocenters. The Hall–Kier alpha value is -1.54. The van der Waals surface area contributed by atoms with Crippen molar-refractivity contribution in [2.24, 2.45) is 0 Å². The summed E-state index contributed by atoms with van der Waals surface area (Å²) >= 11 is 0. The summed E-state index contributed by atoms with van der Waals surface area (Å²) in [5, 5.41) is 0. The quantitative estimate of drug-likeness (QED) is 0.407. The molecule has 0 amide bonds. The van der Waals surface area contributed by atoms with Crippen molar-refractivity contribution in [1.29, 1.82) is 0 Å². The van der Waals surface area contributed by atoms with Crippen LogP contribution in [0.4, 0.5) is 5.69 Å². The normalized spacial score (nSPS) is 10.7. The predicted molar refractivity (Wildman–Crippen MR) is 87.2 cm³/mol. The van der Waals surface area contributed by atoms with E-state index >= 15 is 0 Å². The van der Waals surface area contributed by atoms with Crippen molar-refractivity contribution in [1.82, 2.24) is 0 Å². The van der Waals surface area contributed by atoms with E-state index in [0.29, 0.717) is 70.0 Å². The first-order valence-electron chi connectivity index (χ1n) is 7.56. The number of hydrogen-bond acceptors (Lipinski definition) is 7. The SMILES string of the molecule is COCCOCCOc1ccc(N)cc1OCCOCCOC. The summed E-state index contributed by atoms with van der Waals surface area (Å²) in [7, 11) is 3.27. The molecule has 7 nitrogen and oxygen atoms in total. The lowest BCUT2D eigenvalue weighted by Crippen LogP contribution is -2.12. The van der Waals surface area contributed by atoms with Crippen molar-refractivity contribution in [3.05, 3.63) is 18.2 Å². The predicted octanol–water partition coefficient (Wildman–Crippen LogP) is 1.35. The van der Waals surface area contributed by atoms with E-state index in [0.717, 1.165) is 0 Å². The third-order valence-corrected chi connectivity index (χ3v) is 2.80. The summed E-state index contributed by atoms with van der Waals surface area (Å²) in [4.78, 5) is 0. The fourth-order valence-corrected chi connectivity index (χ4v) is 1.67. The van der Waals surface area contributed by atoms with Crippen molar-refractivity contribution in [2.45, 2.75) is 0 Å². The number of nitrogen functional groups attached to an aromatic ring is 1. The molecule has 1 aromatic carbocycles. The van der Waals surface area contributed by atoms with Crippen LogP contribution in [0.5, 0.6) is 11.5 Å². The van der Waals surface area contributed by atoms with Gasteiger partial charge in [-0.25, -0.2) is 0 Å². The van der Waals surface area contributed by atoms with Crippen molar-refractivity contribution in [3.63, 3.8) is 0 Å². The molecule has 0 saturated heterocycles. The Bertz CT molecular complexity index is 416. The van der Waals surface area contributed by atoms with Crippen LogP contribution in [0.2, 0.25) is 0 Å². The van der Waals surface area contributed by atoms with Crippen LogP contribution in [0, 0.1) is 0 Å². The lowest BCUT2D eigenvalue weighted by Gasteiger charge is -2.13. The van der Waals surface area contributed by atoms with Gasteiger partial charge in [-0.15, -0.1) is 0 Å². The van der Waals surface area contributed by atoms with Crippen LogP contribution in [-0.2, 0) is 18.9 Å². The number of ether oxygens (including phenoxy) is 6. The molecule has 0 aliphatic carbocycles.